The van der Waals surface area contributed by atoms with Crippen molar-refractivity contribution in [3.8, 4) is 5.75 Å². The van der Waals surface area contributed by atoms with Gasteiger partial charge in [-0.1, -0.05) is 6.07 Å². The maximum absolute atomic E-state index is 13.4. The number of halogens is 1. The van der Waals surface area contributed by atoms with Crippen LogP contribution in [0.25, 0.3) is 0 Å². The van der Waals surface area contributed by atoms with E-state index in [-0.39, 0.29) is 17.2 Å². The van der Waals surface area contributed by atoms with Crippen molar-refractivity contribution in [2.45, 2.75) is 17.5 Å². The van der Waals surface area contributed by atoms with Gasteiger partial charge in [0.2, 0.25) is 0 Å². The van der Waals surface area contributed by atoms with Gasteiger partial charge in [-0.3, -0.25) is 14.7 Å². The van der Waals surface area contributed by atoms with Gasteiger partial charge in [0.1, 0.15) is 11.1 Å². The Hall–Kier alpha value is -1.25. The van der Waals surface area contributed by atoms with Crippen LogP contribution in [0.1, 0.15) is 5.56 Å². The highest BCUT2D eigenvalue weighted by Gasteiger charge is 2.41. The lowest BCUT2D eigenvalue weighted by Gasteiger charge is -2.24. The van der Waals surface area contributed by atoms with Crippen LogP contribution >= 0.6 is 23.5 Å². The van der Waals surface area contributed by atoms with Crippen LogP contribution in [0.2, 0.25) is 0 Å². The monoisotopic (exact) mass is 342 g/mol. The van der Waals surface area contributed by atoms with Gasteiger partial charge in [-0.2, -0.15) is 0 Å². The number of aliphatic carboxylic acids is 1. The molecule has 118 valence electrons. The van der Waals surface area contributed by atoms with Gasteiger partial charge in [-0.15, -0.1) is 23.5 Å². The first-order valence-corrected chi connectivity index (χ1v) is 8.77. The van der Waals surface area contributed by atoms with Gasteiger partial charge in [0, 0.05) is 11.5 Å². The van der Waals surface area contributed by atoms with Crippen LogP contribution in [-0.4, -0.2) is 62.1 Å². The number of nitrogens with zero attached hydrogens (tertiary/aromatic N) is 2. The molecule has 8 heteroatoms. The molecule has 0 bridgehead atoms. The summed E-state index contributed by atoms with van der Waals surface area (Å²) in [5, 5.41) is 19.6. The van der Waals surface area contributed by atoms with Gasteiger partial charge in [0.15, 0.2) is 11.6 Å². The summed E-state index contributed by atoms with van der Waals surface area (Å²) in [7, 11) is 1.79. The SMILES string of the molecule is CN1[C@@H](C(=O)O)CS[C@H]1[C@@H]1CSC(c2cccc(F)c2O)=N1. The highest BCUT2D eigenvalue weighted by Crippen LogP contribution is 2.37. The number of benzene rings is 1. The lowest BCUT2D eigenvalue weighted by atomic mass is 10.2. The molecule has 3 atom stereocenters. The first kappa shape index (κ1) is 15.6. The molecule has 5 nitrogen and oxygen atoms in total. The number of aromatic hydroxyl groups is 1. The highest BCUT2D eigenvalue weighted by atomic mass is 32.2. The molecule has 1 aromatic rings. The van der Waals surface area contributed by atoms with Crippen molar-refractivity contribution in [1.82, 2.24) is 4.90 Å². The van der Waals surface area contributed by atoms with E-state index in [1.54, 1.807) is 24.9 Å². The number of carboxylic acid groups (broad SMARTS) is 1. The first-order valence-electron chi connectivity index (χ1n) is 6.74. The number of carboxylic acids is 1. The third-order valence-corrected chi connectivity index (χ3v) is 6.43. The Morgan fingerprint density at radius 2 is 2.23 bits per heavy atom. The summed E-state index contributed by atoms with van der Waals surface area (Å²) in [6.07, 6.45) is 0. The molecule has 2 heterocycles. The molecule has 0 aromatic heterocycles. The average Bonchev–Trinajstić information content (AvgIpc) is 3.08. The molecule has 3 rings (SSSR count). The Balaban J connectivity index is 1.80. The number of hydrogen-bond acceptors (Lipinski definition) is 6. The average molecular weight is 342 g/mol. The standard InChI is InChI=1S/C14H15FN2O3S2/c1-17-10(14(19)20)6-22-13(17)9-5-21-12(16-9)7-3-2-4-8(15)11(7)18/h2-4,9-10,13,18H,5-6H2,1H3,(H,19,20)/t9-,10+,13-/m0/s1. The van der Waals surface area contributed by atoms with E-state index in [2.05, 4.69) is 4.99 Å². The Morgan fingerprint density at radius 3 is 2.91 bits per heavy atom. The van der Waals surface area contributed by atoms with Crippen molar-refractivity contribution >= 4 is 34.5 Å². The van der Waals surface area contributed by atoms with Gasteiger partial charge < -0.3 is 10.2 Å². The van der Waals surface area contributed by atoms with Crippen molar-refractivity contribution in [1.29, 1.82) is 0 Å². The second kappa shape index (κ2) is 6.10. The predicted octanol–water partition coefficient (Wildman–Crippen LogP) is 1.85. The fourth-order valence-electron chi connectivity index (χ4n) is 2.60. The molecule has 0 radical (unpaired) electrons. The minimum Gasteiger partial charge on any atom is -0.504 e. The smallest absolute Gasteiger partial charge is 0.321 e. The minimum atomic E-state index is -0.824. The van der Waals surface area contributed by atoms with Crippen molar-refractivity contribution in [3.05, 3.63) is 29.6 Å². The number of phenolic OH excluding ortho intramolecular Hbond substituents is 1. The Bertz CT molecular complexity index is 641. The van der Waals surface area contributed by atoms with Crippen LogP contribution in [-0.2, 0) is 4.79 Å². The Morgan fingerprint density at radius 1 is 1.45 bits per heavy atom. The molecule has 0 aliphatic carbocycles. The van der Waals surface area contributed by atoms with E-state index in [1.165, 1.54) is 23.9 Å². The number of para-hydroxylation sites is 1. The van der Waals surface area contributed by atoms with Crippen LogP contribution in [0.3, 0.4) is 0 Å². The summed E-state index contributed by atoms with van der Waals surface area (Å²) in [5.74, 6) is -0.643. The number of aliphatic imine (C=N–C) groups is 1. The van der Waals surface area contributed by atoms with Gasteiger partial charge >= 0.3 is 5.97 Å². The van der Waals surface area contributed by atoms with E-state index in [4.69, 9.17) is 0 Å². The molecule has 0 unspecified atom stereocenters. The number of rotatable bonds is 3. The highest BCUT2D eigenvalue weighted by molar-refractivity contribution is 8.14. The second-order valence-electron chi connectivity index (χ2n) is 5.19. The maximum atomic E-state index is 13.4. The number of hydrogen-bond donors (Lipinski definition) is 2. The quantitative estimate of drug-likeness (QED) is 0.873. The fraction of sp³-hybridized carbons (Fsp3) is 0.429. The molecule has 2 aliphatic heterocycles. The summed E-state index contributed by atoms with van der Waals surface area (Å²) < 4.78 is 13.4. The molecule has 2 aliphatic rings. The maximum Gasteiger partial charge on any atom is 0.321 e. The Labute approximate surface area is 135 Å². The second-order valence-corrected chi connectivity index (χ2v) is 7.35. The zero-order valence-electron chi connectivity index (χ0n) is 11.8. The Kier molecular flexibility index (Phi) is 4.33. The van der Waals surface area contributed by atoms with Crippen molar-refractivity contribution in [3.63, 3.8) is 0 Å². The number of carbonyl (C=O) groups is 1. The molecule has 1 fully saturated rings. The zero-order valence-corrected chi connectivity index (χ0v) is 13.4. The van der Waals surface area contributed by atoms with Crippen molar-refractivity contribution < 1.29 is 19.4 Å². The summed E-state index contributed by atoms with van der Waals surface area (Å²) >= 11 is 3.04. The third kappa shape index (κ3) is 2.70. The van der Waals surface area contributed by atoms with Crippen LogP contribution in [0.5, 0.6) is 5.75 Å². The van der Waals surface area contributed by atoms with Crippen LogP contribution in [0, 0.1) is 5.82 Å². The molecule has 0 spiro atoms. The van der Waals surface area contributed by atoms with Gasteiger partial charge in [0.05, 0.1) is 17.0 Å². The number of likely N-dealkylation sites (N-methyl/N-ethyl adjacent to an activating group) is 1. The number of thioether (sulfide) groups is 2. The van der Waals surface area contributed by atoms with Gasteiger partial charge in [-0.25, -0.2) is 4.39 Å². The molecular formula is C14H15FN2O3S2. The molecule has 0 saturated carbocycles. The zero-order chi connectivity index (χ0) is 15.9. The van der Waals surface area contributed by atoms with E-state index in [1.807, 2.05) is 4.90 Å². The van der Waals surface area contributed by atoms with E-state index in [9.17, 15) is 19.4 Å². The van der Waals surface area contributed by atoms with E-state index >= 15 is 0 Å². The first-order chi connectivity index (χ1) is 10.5. The van der Waals surface area contributed by atoms with Gasteiger partial charge in [-0.05, 0) is 19.2 Å². The van der Waals surface area contributed by atoms with Crippen LogP contribution in [0.15, 0.2) is 23.2 Å². The van der Waals surface area contributed by atoms with E-state index in [0.29, 0.717) is 22.1 Å². The van der Waals surface area contributed by atoms with Crippen molar-refractivity contribution in [2.24, 2.45) is 4.99 Å². The van der Waals surface area contributed by atoms with Crippen molar-refractivity contribution in [2.75, 3.05) is 18.6 Å². The normalized spacial score (nSPS) is 28.8. The third-order valence-electron chi connectivity index (χ3n) is 3.82. The largest absolute Gasteiger partial charge is 0.504 e. The topological polar surface area (TPSA) is 73.1 Å². The minimum absolute atomic E-state index is 0.0122. The summed E-state index contributed by atoms with van der Waals surface area (Å²) in [6.45, 7) is 0. The lowest BCUT2D eigenvalue weighted by Crippen LogP contribution is -2.42. The van der Waals surface area contributed by atoms with Crippen LogP contribution in [0.4, 0.5) is 4.39 Å². The molecule has 1 saturated heterocycles. The van der Waals surface area contributed by atoms with Gasteiger partial charge in [0.25, 0.3) is 0 Å². The van der Waals surface area contributed by atoms with E-state index in [0.717, 1.165) is 0 Å². The molecular weight excluding hydrogens is 327 g/mol. The predicted molar refractivity (Wildman–Crippen MR) is 86.3 cm³/mol. The molecule has 1 aromatic carbocycles. The molecule has 0 amide bonds. The fourth-order valence-corrected chi connectivity index (χ4v) is 5.36. The molecule has 2 N–H and O–H groups in total. The van der Waals surface area contributed by atoms with Crippen LogP contribution < -0.4 is 0 Å². The number of phenols is 1. The summed E-state index contributed by atoms with van der Waals surface area (Å²) in [6, 6.07) is 3.81. The lowest BCUT2D eigenvalue weighted by molar-refractivity contribution is -0.141. The summed E-state index contributed by atoms with van der Waals surface area (Å²) in [4.78, 5) is 17.6. The van der Waals surface area contributed by atoms with E-state index < -0.39 is 17.8 Å². The molecule has 22 heavy (non-hydrogen) atoms. The summed E-state index contributed by atoms with van der Waals surface area (Å²) in [5.41, 5.74) is 0.396.